The Kier molecular flexibility index (Phi) is 5.60. The van der Waals surface area contributed by atoms with Gasteiger partial charge in [0.05, 0.1) is 53.1 Å². The molecule has 8 nitrogen and oxygen atoms in total. The van der Waals surface area contributed by atoms with Crippen molar-refractivity contribution < 1.29 is 13.9 Å². The number of alkyl halides is 1. The SMILES string of the molecule is CC1C=C(c2ccccn2)N=CC1(F)N1C[C@@]2(CCC[C@](C)(Cn3cnc4ccc(C#N)cc43)C2)OC1=O. The van der Waals surface area contributed by atoms with Crippen molar-refractivity contribution in [2.45, 2.75) is 57.5 Å². The van der Waals surface area contributed by atoms with Gasteiger partial charge in [0.25, 0.3) is 0 Å². The first-order chi connectivity index (χ1) is 18.2. The molecule has 4 heterocycles. The van der Waals surface area contributed by atoms with Crippen LogP contribution in [0.4, 0.5) is 9.18 Å². The fourth-order valence-corrected chi connectivity index (χ4v) is 6.35. The van der Waals surface area contributed by atoms with Gasteiger partial charge in [0.2, 0.25) is 5.79 Å². The Hall–Kier alpha value is -4.06. The van der Waals surface area contributed by atoms with Crippen LogP contribution >= 0.6 is 0 Å². The molecule has 1 aliphatic carbocycles. The number of aromatic nitrogens is 3. The largest absolute Gasteiger partial charge is 0.441 e. The summed E-state index contributed by atoms with van der Waals surface area (Å²) in [4.78, 5) is 27.5. The van der Waals surface area contributed by atoms with Crippen LogP contribution in [0.15, 0.2) is 60.0 Å². The van der Waals surface area contributed by atoms with Crippen LogP contribution in [0.2, 0.25) is 0 Å². The maximum Gasteiger partial charge on any atom is 0.413 e. The number of nitrogens with zero attached hydrogens (tertiary/aromatic N) is 6. The van der Waals surface area contributed by atoms with Crippen molar-refractivity contribution in [3.8, 4) is 6.07 Å². The van der Waals surface area contributed by atoms with E-state index in [-0.39, 0.29) is 12.0 Å². The maximum absolute atomic E-state index is 16.5. The van der Waals surface area contributed by atoms with Gasteiger partial charge in [0.15, 0.2) is 0 Å². The zero-order valence-corrected chi connectivity index (χ0v) is 21.5. The van der Waals surface area contributed by atoms with E-state index in [1.54, 1.807) is 31.6 Å². The number of aliphatic imine (C=N–C) groups is 1. The normalized spacial score (nSPS) is 30.9. The molecule has 0 bridgehead atoms. The monoisotopic (exact) mass is 512 g/mol. The minimum atomic E-state index is -2.08. The number of hydrogen-bond acceptors (Lipinski definition) is 6. The molecule has 2 aromatic heterocycles. The summed E-state index contributed by atoms with van der Waals surface area (Å²) in [5.74, 6) is -2.71. The van der Waals surface area contributed by atoms with E-state index in [0.29, 0.717) is 36.3 Å². The summed E-state index contributed by atoms with van der Waals surface area (Å²) >= 11 is 0. The van der Waals surface area contributed by atoms with Gasteiger partial charge in [-0.3, -0.25) is 14.9 Å². The van der Waals surface area contributed by atoms with Gasteiger partial charge in [-0.1, -0.05) is 19.9 Å². The van der Waals surface area contributed by atoms with Gasteiger partial charge < -0.3 is 9.30 Å². The fourth-order valence-electron chi connectivity index (χ4n) is 6.35. The molecule has 3 aliphatic rings. The number of carbonyl (C=O) groups is 1. The summed E-state index contributed by atoms with van der Waals surface area (Å²) in [7, 11) is 0. The third kappa shape index (κ3) is 4.05. The molecule has 1 spiro atoms. The molecule has 0 N–H and O–H groups in total. The van der Waals surface area contributed by atoms with E-state index in [1.807, 2.05) is 30.3 Å². The minimum Gasteiger partial charge on any atom is -0.441 e. The average Bonchev–Trinajstić information content (AvgIpc) is 3.45. The number of ether oxygens (including phenoxy) is 1. The molecule has 1 aromatic carbocycles. The van der Waals surface area contributed by atoms with Gasteiger partial charge in [-0.05, 0) is 67.5 Å². The molecule has 2 fully saturated rings. The average molecular weight is 513 g/mol. The number of hydrogen-bond donors (Lipinski definition) is 0. The first-order valence-corrected chi connectivity index (χ1v) is 13.0. The second-order valence-corrected chi connectivity index (χ2v) is 11.2. The van der Waals surface area contributed by atoms with Crippen molar-refractivity contribution in [1.82, 2.24) is 19.4 Å². The summed E-state index contributed by atoms with van der Waals surface area (Å²) in [6.45, 7) is 4.76. The predicted molar refractivity (Wildman–Crippen MR) is 141 cm³/mol. The van der Waals surface area contributed by atoms with Gasteiger partial charge >= 0.3 is 6.09 Å². The predicted octanol–water partition coefficient (Wildman–Crippen LogP) is 5.50. The van der Waals surface area contributed by atoms with Crippen LogP contribution in [-0.4, -0.2) is 49.7 Å². The summed E-state index contributed by atoms with van der Waals surface area (Å²) in [5.41, 5.74) is 2.60. The Balaban J connectivity index is 1.22. The third-order valence-corrected chi connectivity index (χ3v) is 8.21. The quantitative estimate of drug-likeness (QED) is 0.430. The molecule has 194 valence electrons. The van der Waals surface area contributed by atoms with Crippen LogP contribution in [-0.2, 0) is 11.3 Å². The topological polar surface area (TPSA) is 96.4 Å². The summed E-state index contributed by atoms with van der Waals surface area (Å²) in [5, 5.41) is 9.33. The van der Waals surface area contributed by atoms with Gasteiger partial charge in [0, 0.05) is 18.7 Å². The van der Waals surface area contributed by atoms with E-state index < -0.39 is 23.4 Å². The number of pyridine rings is 1. The van der Waals surface area contributed by atoms with E-state index in [2.05, 4.69) is 32.5 Å². The van der Waals surface area contributed by atoms with Crippen LogP contribution in [0.1, 0.15) is 50.8 Å². The zero-order valence-electron chi connectivity index (χ0n) is 21.5. The third-order valence-electron chi connectivity index (χ3n) is 8.21. The molecule has 2 aliphatic heterocycles. The molecule has 1 saturated carbocycles. The Bertz CT molecular complexity index is 1510. The number of halogens is 1. The lowest BCUT2D eigenvalue weighted by Gasteiger charge is -2.43. The highest BCUT2D eigenvalue weighted by molar-refractivity contribution is 5.86. The van der Waals surface area contributed by atoms with Crippen LogP contribution in [0.5, 0.6) is 0 Å². The Morgan fingerprint density at radius 2 is 2.11 bits per heavy atom. The molecule has 1 saturated heterocycles. The molecule has 9 heteroatoms. The van der Waals surface area contributed by atoms with Crippen molar-refractivity contribution >= 4 is 29.0 Å². The lowest BCUT2D eigenvalue weighted by molar-refractivity contribution is -0.0286. The van der Waals surface area contributed by atoms with E-state index in [1.165, 1.54) is 11.1 Å². The molecule has 0 radical (unpaired) electrons. The highest BCUT2D eigenvalue weighted by Crippen LogP contribution is 2.49. The molecule has 38 heavy (non-hydrogen) atoms. The summed E-state index contributed by atoms with van der Waals surface area (Å²) in [6.07, 6.45) is 8.88. The lowest BCUT2D eigenvalue weighted by atomic mass is 9.68. The molecular formula is C29H29FN6O2. The first-order valence-electron chi connectivity index (χ1n) is 13.0. The highest BCUT2D eigenvalue weighted by atomic mass is 19.1. The van der Waals surface area contributed by atoms with Gasteiger partial charge in [-0.15, -0.1) is 0 Å². The molecule has 1 amide bonds. The molecule has 3 aromatic rings. The van der Waals surface area contributed by atoms with Crippen molar-refractivity contribution in [2.75, 3.05) is 6.54 Å². The molecule has 6 rings (SSSR count). The smallest absolute Gasteiger partial charge is 0.413 e. The number of nitriles is 1. The highest BCUT2D eigenvalue weighted by Gasteiger charge is 2.58. The van der Waals surface area contributed by atoms with Gasteiger partial charge in [0.1, 0.15) is 5.60 Å². The van der Waals surface area contributed by atoms with Gasteiger partial charge in [-0.25, -0.2) is 14.2 Å². The number of rotatable bonds is 4. The number of benzene rings is 1. The van der Waals surface area contributed by atoms with Crippen LogP contribution in [0.25, 0.3) is 16.7 Å². The van der Waals surface area contributed by atoms with E-state index >= 15 is 4.39 Å². The Morgan fingerprint density at radius 1 is 1.24 bits per heavy atom. The zero-order chi connectivity index (χ0) is 26.5. The van der Waals surface area contributed by atoms with Crippen molar-refractivity contribution in [1.29, 1.82) is 5.26 Å². The number of carbonyl (C=O) groups excluding carboxylic acids is 1. The van der Waals surface area contributed by atoms with E-state index in [0.717, 1.165) is 23.9 Å². The van der Waals surface area contributed by atoms with E-state index in [4.69, 9.17) is 4.74 Å². The number of fused-ring (bicyclic) bond motifs is 1. The van der Waals surface area contributed by atoms with Crippen molar-refractivity contribution in [2.24, 2.45) is 16.3 Å². The summed E-state index contributed by atoms with van der Waals surface area (Å²) in [6, 6.07) is 13.2. The maximum atomic E-state index is 16.5. The van der Waals surface area contributed by atoms with Crippen LogP contribution in [0, 0.1) is 22.7 Å². The molecule has 2 unspecified atom stereocenters. The number of amides is 1. The molecule has 4 atom stereocenters. The second kappa shape index (κ2) is 8.76. The lowest BCUT2D eigenvalue weighted by Crippen LogP contribution is -2.54. The van der Waals surface area contributed by atoms with Crippen molar-refractivity contribution in [3.05, 3.63) is 66.3 Å². The first kappa shape index (κ1) is 24.3. The van der Waals surface area contributed by atoms with Crippen molar-refractivity contribution in [3.63, 3.8) is 0 Å². The van der Waals surface area contributed by atoms with Gasteiger partial charge in [-0.2, -0.15) is 5.26 Å². The Morgan fingerprint density at radius 3 is 2.87 bits per heavy atom. The number of imidazole rings is 1. The summed E-state index contributed by atoms with van der Waals surface area (Å²) < 4.78 is 24.5. The molecular weight excluding hydrogens is 483 g/mol. The standard InChI is InChI=1S/C29H29FN6O2/c1-20-12-24(22-6-3-4-11-32-22)33-16-29(20,30)36-18-28(38-26(36)37)10-5-9-27(2,15-28)17-35-19-34-23-8-7-21(14-31)13-25(23)35/h3-4,6-8,11-13,16,19-20H,5,9-10,15,17-18H2,1-2H3/t20?,27-,28-,29?/m0/s1. The minimum absolute atomic E-state index is 0.171. The van der Waals surface area contributed by atoms with Crippen LogP contribution in [0.3, 0.4) is 0 Å². The Labute approximate surface area is 220 Å². The van der Waals surface area contributed by atoms with Crippen LogP contribution < -0.4 is 0 Å². The van der Waals surface area contributed by atoms with E-state index in [9.17, 15) is 10.1 Å². The second-order valence-electron chi connectivity index (χ2n) is 11.2. The fraction of sp³-hybridized carbons (Fsp3) is 0.414.